The van der Waals surface area contributed by atoms with E-state index in [0.29, 0.717) is 0 Å². The number of amides is 1. The Balaban J connectivity index is 1.79. The van der Waals surface area contributed by atoms with Gasteiger partial charge in [-0.1, -0.05) is 30.3 Å². The molecule has 1 aromatic carbocycles. The number of rotatable bonds is 5. The second-order valence-electron chi connectivity index (χ2n) is 6.16. The first kappa shape index (κ1) is 15.0. The Bertz CT molecular complexity index is 424. The zero-order valence-corrected chi connectivity index (χ0v) is 12.7. The van der Waals surface area contributed by atoms with Gasteiger partial charge in [-0.05, 0) is 44.7 Å². The summed E-state index contributed by atoms with van der Waals surface area (Å²) in [6.07, 6.45) is 4.16. The van der Waals surface area contributed by atoms with Crippen LogP contribution in [0.25, 0.3) is 0 Å². The molecule has 0 bridgehead atoms. The molecule has 1 aliphatic rings. The fourth-order valence-electron chi connectivity index (χ4n) is 2.97. The molecule has 1 saturated heterocycles. The number of hydrogen-bond acceptors (Lipinski definition) is 2. The maximum absolute atomic E-state index is 12.5. The summed E-state index contributed by atoms with van der Waals surface area (Å²) in [4.78, 5) is 14.5. The van der Waals surface area contributed by atoms with Gasteiger partial charge in [0.1, 0.15) is 0 Å². The van der Waals surface area contributed by atoms with Crippen LogP contribution in [0.15, 0.2) is 30.3 Å². The van der Waals surface area contributed by atoms with Gasteiger partial charge in [0.05, 0.1) is 5.41 Å². The summed E-state index contributed by atoms with van der Waals surface area (Å²) in [5, 5.41) is 3.35. The molecule has 0 aromatic heterocycles. The monoisotopic (exact) mass is 274 g/mol. The molecule has 3 nitrogen and oxygen atoms in total. The van der Waals surface area contributed by atoms with Gasteiger partial charge in [-0.2, -0.15) is 0 Å². The van der Waals surface area contributed by atoms with Gasteiger partial charge < -0.3 is 10.2 Å². The molecule has 1 aromatic rings. The highest BCUT2D eigenvalue weighted by atomic mass is 16.2. The summed E-state index contributed by atoms with van der Waals surface area (Å²) < 4.78 is 0. The molecule has 1 atom stereocenters. The van der Waals surface area contributed by atoms with Crippen LogP contribution in [0.4, 0.5) is 0 Å². The molecule has 20 heavy (non-hydrogen) atoms. The van der Waals surface area contributed by atoms with Crippen molar-refractivity contribution in [3.63, 3.8) is 0 Å². The van der Waals surface area contributed by atoms with Gasteiger partial charge in [0.25, 0.3) is 0 Å². The van der Waals surface area contributed by atoms with Crippen LogP contribution in [0.5, 0.6) is 0 Å². The van der Waals surface area contributed by atoms with Crippen molar-refractivity contribution in [1.29, 1.82) is 0 Å². The van der Waals surface area contributed by atoms with Gasteiger partial charge in [0.2, 0.25) is 5.91 Å². The maximum Gasteiger partial charge on any atom is 0.229 e. The summed E-state index contributed by atoms with van der Waals surface area (Å²) in [5.41, 5.74) is 1.14. The van der Waals surface area contributed by atoms with Gasteiger partial charge >= 0.3 is 0 Å². The summed E-state index contributed by atoms with van der Waals surface area (Å²) in [6.45, 7) is 4.79. The average Bonchev–Trinajstić information content (AvgIpc) is 2.48. The molecule has 110 valence electrons. The lowest BCUT2D eigenvalue weighted by Gasteiger charge is -2.36. The van der Waals surface area contributed by atoms with Crippen LogP contribution >= 0.6 is 0 Å². The zero-order valence-electron chi connectivity index (χ0n) is 12.7. The molecule has 2 rings (SSSR count). The number of nitrogens with one attached hydrogen (secondary N) is 1. The predicted octanol–water partition coefficient (Wildman–Crippen LogP) is 2.47. The minimum absolute atomic E-state index is 0.209. The van der Waals surface area contributed by atoms with E-state index in [1.165, 1.54) is 5.56 Å². The van der Waals surface area contributed by atoms with E-state index >= 15 is 0 Å². The molecule has 0 saturated carbocycles. The molecule has 0 aliphatic carbocycles. The second kappa shape index (κ2) is 6.89. The summed E-state index contributed by atoms with van der Waals surface area (Å²) in [6, 6.07) is 10.5. The van der Waals surface area contributed by atoms with Crippen LogP contribution < -0.4 is 5.32 Å². The molecular formula is C17H26N2O. The maximum atomic E-state index is 12.5. The van der Waals surface area contributed by atoms with Crippen LogP contribution in [-0.2, 0) is 11.2 Å². The molecule has 1 amide bonds. The molecule has 0 radical (unpaired) electrons. The van der Waals surface area contributed by atoms with Crippen molar-refractivity contribution in [3.8, 4) is 0 Å². The number of carbonyl (C=O) groups is 1. The van der Waals surface area contributed by atoms with Crippen molar-refractivity contribution in [2.45, 2.75) is 32.6 Å². The number of hydrogen-bond donors (Lipinski definition) is 1. The Morgan fingerprint density at radius 3 is 2.75 bits per heavy atom. The highest BCUT2D eigenvalue weighted by Crippen LogP contribution is 2.27. The summed E-state index contributed by atoms with van der Waals surface area (Å²) in [7, 11) is 1.94. The lowest BCUT2D eigenvalue weighted by atomic mass is 9.81. The topological polar surface area (TPSA) is 32.3 Å². The van der Waals surface area contributed by atoms with E-state index in [1.54, 1.807) is 0 Å². The van der Waals surface area contributed by atoms with Gasteiger partial charge in [-0.15, -0.1) is 0 Å². The summed E-state index contributed by atoms with van der Waals surface area (Å²) in [5.74, 6) is 0.290. The predicted molar refractivity (Wildman–Crippen MR) is 82.6 cm³/mol. The lowest BCUT2D eigenvalue weighted by Crippen LogP contribution is -2.49. The fraction of sp³-hybridized carbons (Fsp3) is 0.588. The third-order valence-corrected chi connectivity index (χ3v) is 4.26. The van der Waals surface area contributed by atoms with Gasteiger partial charge in [0, 0.05) is 20.1 Å². The van der Waals surface area contributed by atoms with E-state index in [9.17, 15) is 4.79 Å². The number of nitrogens with zero attached hydrogens (tertiary/aromatic N) is 1. The van der Waals surface area contributed by atoms with E-state index < -0.39 is 0 Å². The van der Waals surface area contributed by atoms with Crippen molar-refractivity contribution >= 4 is 5.91 Å². The van der Waals surface area contributed by atoms with E-state index in [2.05, 4.69) is 36.5 Å². The van der Waals surface area contributed by atoms with Crippen molar-refractivity contribution in [1.82, 2.24) is 10.2 Å². The minimum atomic E-state index is -0.209. The third kappa shape index (κ3) is 3.83. The van der Waals surface area contributed by atoms with Crippen LogP contribution in [0.3, 0.4) is 0 Å². The molecule has 1 unspecified atom stereocenters. The molecule has 1 heterocycles. The highest BCUT2D eigenvalue weighted by Gasteiger charge is 2.36. The second-order valence-corrected chi connectivity index (χ2v) is 6.16. The lowest BCUT2D eigenvalue weighted by molar-refractivity contribution is -0.140. The average molecular weight is 274 g/mol. The normalized spacial score (nSPS) is 22.5. The highest BCUT2D eigenvalue weighted by molar-refractivity contribution is 5.82. The third-order valence-electron chi connectivity index (χ3n) is 4.26. The van der Waals surface area contributed by atoms with Crippen molar-refractivity contribution in [2.75, 3.05) is 26.7 Å². The number of carbonyl (C=O) groups excluding carboxylic acids is 1. The Morgan fingerprint density at radius 1 is 1.35 bits per heavy atom. The Labute approximate surface area is 122 Å². The van der Waals surface area contributed by atoms with Crippen LogP contribution in [0.2, 0.25) is 0 Å². The number of piperidine rings is 1. The van der Waals surface area contributed by atoms with Crippen LogP contribution in [-0.4, -0.2) is 37.5 Å². The van der Waals surface area contributed by atoms with E-state index in [0.717, 1.165) is 45.3 Å². The summed E-state index contributed by atoms with van der Waals surface area (Å²) >= 11 is 0. The van der Waals surface area contributed by atoms with Gasteiger partial charge in [-0.3, -0.25) is 4.79 Å². The van der Waals surface area contributed by atoms with Gasteiger partial charge in [0.15, 0.2) is 0 Å². The molecule has 1 N–H and O–H groups in total. The molecule has 1 aliphatic heterocycles. The SMILES string of the molecule is CN(CCCc1ccccc1)C(=O)C1(C)CCCNC1. The number of aryl methyl sites for hydroxylation is 1. The Hall–Kier alpha value is -1.35. The van der Waals surface area contributed by atoms with Crippen LogP contribution in [0.1, 0.15) is 31.7 Å². The Morgan fingerprint density at radius 2 is 2.10 bits per heavy atom. The van der Waals surface area contributed by atoms with Crippen molar-refractivity contribution in [2.24, 2.45) is 5.41 Å². The van der Waals surface area contributed by atoms with Crippen molar-refractivity contribution < 1.29 is 4.79 Å². The first-order valence-corrected chi connectivity index (χ1v) is 7.62. The smallest absolute Gasteiger partial charge is 0.229 e. The van der Waals surface area contributed by atoms with E-state index in [-0.39, 0.29) is 11.3 Å². The molecule has 0 spiro atoms. The molecule has 1 fully saturated rings. The first-order valence-electron chi connectivity index (χ1n) is 7.62. The zero-order chi connectivity index (χ0) is 14.4. The quantitative estimate of drug-likeness (QED) is 0.894. The molecular weight excluding hydrogens is 248 g/mol. The minimum Gasteiger partial charge on any atom is -0.345 e. The largest absolute Gasteiger partial charge is 0.345 e. The first-order chi connectivity index (χ1) is 9.62. The fourth-order valence-corrected chi connectivity index (χ4v) is 2.97. The molecule has 3 heteroatoms. The van der Waals surface area contributed by atoms with Gasteiger partial charge in [-0.25, -0.2) is 0 Å². The van der Waals surface area contributed by atoms with Crippen molar-refractivity contribution in [3.05, 3.63) is 35.9 Å². The number of benzene rings is 1. The van der Waals surface area contributed by atoms with E-state index in [4.69, 9.17) is 0 Å². The Kier molecular flexibility index (Phi) is 5.18. The van der Waals surface area contributed by atoms with Crippen LogP contribution in [0, 0.1) is 5.41 Å². The standard InChI is InChI=1S/C17H26N2O/c1-17(11-7-12-18-14-17)16(20)19(2)13-6-10-15-8-4-3-5-9-15/h3-5,8-9,18H,6-7,10-14H2,1-2H3. The van der Waals surface area contributed by atoms with E-state index in [1.807, 2.05) is 18.0 Å².